The van der Waals surface area contributed by atoms with Crippen molar-refractivity contribution in [2.45, 2.75) is 6.92 Å². The Morgan fingerprint density at radius 3 is 2.69 bits per heavy atom. The summed E-state index contributed by atoms with van der Waals surface area (Å²) in [5.74, 6) is -0.608. The van der Waals surface area contributed by atoms with Crippen molar-refractivity contribution < 1.29 is 14.6 Å². The highest BCUT2D eigenvalue weighted by Gasteiger charge is 2.16. The average Bonchev–Trinajstić information content (AvgIpc) is 2.12. The Hall–Kier alpha value is -1.03. The minimum absolute atomic E-state index is 0.0770. The molecule has 0 amide bonds. The van der Waals surface area contributed by atoms with Crippen molar-refractivity contribution in [3.63, 3.8) is 0 Å². The molecule has 70 valence electrons. The first-order chi connectivity index (χ1) is 6.07. The van der Waals surface area contributed by atoms with Gasteiger partial charge in [0.2, 0.25) is 0 Å². The lowest BCUT2D eigenvalue weighted by Crippen LogP contribution is -2.04. The number of aryl methyl sites for hydroxylation is 1. The monoisotopic (exact) mass is 244 g/mol. The fourth-order valence-electron chi connectivity index (χ4n) is 1.03. The molecular weight excluding hydrogens is 236 g/mol. The summed E-state index contributed by atoms with van der Waals surface area (Å²) >= 11 is 3.12. The molecule has 0 aromatic heterocycles. The van der Waals surface area contributed by atoms with Crippen molar-refractivity contribution in [1.29, 1.82) is 0 Å². The third-order valence-corrected chi connectivity index (χ3v) is 2.37. The summed E-state index contributed by atoms with van der Waals surface area (Å²) in [5.41, 5.74) is 0.893. The predicted molar refractivity (Wildman–Crippen MR) is 51.9 cm³/mol. The van der Waals surface area contributed by atoms with Gasteiger partial charge < -0.3 is 9.84 Å². The second-order valence-corrected chi connectivity index (χ2v) is 3.43. The van der Waals surface area contributed by atoms with Crippen LogP contribution in [0.1, 0.15) is 15.9 Å². The lowest BCUT2D eigenvalue weighted by Gasteiger charge is -2.07. The lowest BCUT2D eigenvalue weighted by molar-refractivity contribution is 0.0596. The maximum atomic E-state index is 11.2. The molecule has 0 aliphatic rings. The van der Waals surface area contributed by atoms with Gasteiger partial charge in [-0.05, 0) is 34.5 Å². The summed E-state index contributed by atoms with van der Waals surface area (Å²) in [6.07, 6.45) is 0. The third-order valence-electron chi connectivity index (χ3n) is 1.73. The van der Waals surface area contributed by atoms with E-state index in [1.807, 2.05) is 0 Å². The summed E-state index contributed by atoms with van der Waals surface area (Å²) in [6, 6.07) is 3.41. The van der Waals surface area contributed by atoms with Gasteiger partial charge in [0.05, 0.1) is 11.6 Å². The van der Waals surface area contributed by atoms with E-state index in [2.05, 4.69) is 20.7 Å². The van der Waals surface area contributed by atoms with Gasteiger partial charge >= 0.3 is 5.97 Å². The molecule has 0 heterocycles. The highest BCUT2D eigenvalue weighted by atomic mass is 79.9. The Morgan fingerprint density at radius 2 is 2.15 bits per heavy atom. The molecule has 0 fully saturated rings. The first-order valence-electron chi connectivity index (χ1n) is 3.64. The van der Waals surface area contributed by atoms with Crippen LogP contribution in [-0.4, -0.2) is 18.2 Å². The number of aromatic hydroxyl groups is 1. The largest absolute Gasteiger partial charge is 0.506 e. The van der Waals surface area contributed by atoms with Crippen LogP contribution in [0.15, 0.2) is 16.6 Å². The molecule has 1 aromatic carbocycles. The molecule has 0 aliphatic carbocycles. The zero-order valence-corrected chi connectivity index (χ0v) is 8.88. The predicted octanol–water partition coefficient (Wildman–Crippen LogP) is 2.25. The van der Waals surface area contributed by atoms with Gasteiger partial charge in [0, 0.05) is 0 Å². The topological polar surface area (TPSA) is 46.5 Å². The number of hydrogen-bond acceptors (Lipinski definition) is 3. The standard InChI is InChI=1S/C9H9BrO3/c1-5-3-4-6(10)8(11)7(5)9(12)13-2/h3-4,11H,1-2H3. The van der Waals surface area contributed by atoms with Gasteiger partial charge in [0.25, 0.3) is 0 Å². The summed E-state index contributed by atoms with van der Waals surface area (Å²) in [4.78, 5) is 11.2. The van der Waals surface area contributed by atoms with Crippen LogP contribution in [0.3, 0.4) is 0 Å². The van der Waals surface area contributed by atoms with Gasteiger partial charge in [-0.3, -0.25) is 0 Å². The Bertz CT molecular complexity index is 347. The fraction of sp³-hybridized carbons (Fsp3) is 0.222. The number of carbonyl (C=O) groups is 1. The van der Waals surface area contributed by atoms with Crippen molar-refractivity contribution in [2.24, 2.45) is 0 Å². The number of carbonyl (C=O) groups excluding carboxylic acids is 1. The Balaban J connectivity index is 3.33. The van der Waals surface area contributed by atoms with Crippen LogP contribution >= 0.6 is 15.9 Å². The maximum Gasteiger partial charge on any atom is 0.341 e. The molecular formula is C9H9BrO3. The average molecular weight is 245 g/mol. The van der Waals surface area contributed by atoms with E-state index in [0.29, 0.717) is 10.0 Å². The van der Waals surface area contributed by atoms with Crippen LogP contribution in [0.5, 0.6) is 5.75 Å². The van der Waals surface area contributed by atoms with Crippen molar-refractivity contribution >= 4 is 21.9 Å². The van der Waals surface area contributed by atoms with Crippen molar-refractivity contribution in [2.75, 3.05) is 7.11 Å². The smallest absolute Gasteiger partial charge is 0.341 e. The van der Waals surface area contributed by atoms with E-state index in [1.165, 1.54) is 7.11 Å². The molecule has 0 saturated carbocycles. The molecule has 0 spiro atoms. The molecule has 1 rings (SSSR count). The highest BCUT2D eigenvalue weighted by molar-refractivity contribution is 9.10. The van der Waals surface area contributed by atoms with Gasteiger partial charge in [-0.2, -0.15) is 0 Å². The number of halogens is 1. The number of hydrogen-bond donors (Lipinski definition) is 1. The normalized spacial score (nSPS) is 9.77. The summed E-state index contributed by atoms with van der Waals surface area (Å²) in [6.45, 7) is 1.73. The van der Waals surface area contributed by atoms with Gasteiger partial charge in [-0.15, -0.1) is 0 Å². The quantitative estimate of drug-likeness (QED) is 0.772. The van der Waals surface area contributed by atoms with E-state index < -0.39 is 5.97 Å². The van der Waals surface area contributed by atoms with Crippen LogP contribution in [0, 0.1) is 6.92 Å². The minimum Gasteiger partial charge on any atom is -0.506 e. The molecule has 4 heteroatoms. The lowest BCUT2D eigenvalue weighted by atomic mass is 10.1. The Labute approximate surface area is 84.5 Å². The van der Waals surface area contributed by atoms with Gasteiger partial charge in [-0.1, -0.05) is 6.07 Å². The van der Waals surface area contributed by atoms with E-state index in [0.717, 1.165) is 0 Å². The molecule has 1 N–H and O–H groups in total. The van der Waals surface area contributed by atoms with Crippen molar-refractivity contribution in [1.82, 2.24) is 0 Å². The third kappa shape index (κ3) is 1.83. The van der Waals surface area contributed by atoms with Crippen LogP contribution in [0.4, 0.5) is 0 Å². The molecule has 13 heavy (non-hydrogen) atoms. The summed E-state index contributed by atoms with van der Waals surface area (Å²) in [7, 11) is 1.28. The summed E-state index contributed by atoms with van der Waals surface area (Å²) < 4.78 is 5.02. The van der Waals surface area contributed by atoms with Crippen molar-refractivity contribution in [3.05, 3.63) is 27.7 Å². The van der Waals surface area contributed by atoms with E-state index in [1.54, 1.807) is 19.1 Å². The highest BCUT2D eigenvalue weighted by Crippen LogP contribution is 2.30. The number of phenols is 1. The maximum absolute atomic E-state index is 11.2. The SMILES string of the molecule is COC(=O)c1c(C)ccc(Br)c1O. The van der Waals surface area contributed by atoms with E-state index in [9.17, 15) is 9.90 Å². The minimum atomic E-state index is -0.531. The first-order valence-corrected chi connectivity index (χ1v) is 4.43. The molecule has 0 bridgehead atoms. The molecule has 0 radical (unpaired) electrons. The number of ether oxygens (including phenoxy) is 1. The zero-order chi connectivity index (χ0) is 10.0. The molecule has 0 saturated heterocycles. The first kappa shape index (κ1) is 10.1. The molecule has 0 aliphatic heterocycles. The van der Waals surface area contributed by atoms with Gasteiger partial charge in [0.15, 0.2) is 0 Å². The van der Waals surface area contributed by atoms with Gasteiger partial charge in [-0.25, -0.2) is 4.79 Å². The number of esters is 1. The van der Waals surface area contributed by atoms with Crippen LogP contribution in [-0.2, 0) is 4.74 Å². The Morgan fingerprint density at radius 1 is 1.54 bits per heavy atom. The summed E-state index contributed by atoms with van der Waals surface area (Å²) in [5, 5.41) is 9.53. The second-order valence-electron chi connectivity index (χ2n) is 2.58. The van der Waals surface area contributed by atoms with Crippen LogP contribution in [0.2, 0.25) is 0 Å². The van der Waals surface area contributed by atoms with E-state index >= 15 is 0 Å². The zero-order valence-electron chi connectivity index (χ0n) is 7.30. The van der Waals surface area contributed by atoms with Crippen LogP contribution in [0.25, 0.3) is 0 Å². The molecule has 3 nitrogen and oxygen atoms in total. The van der Waals surface area contributed by atoms with Crippen molar-refractivity contribution in [3.8, 4) is 5.75 Å². The van der Waals surface area contributed by atoms with Crippen LogP contribution < -0.4 is 0 Å². The van der Waals surface area contributed by atoms with Gasteiger partial charge in [0.1, 0.15) is 11.3 Å². The fourth-order valence-corrected chi connectivity index (χ4v) is 1.36. The number of rotatable bonds is 1. The number of benzene rings is 1. The van der Waals surface area contributed by atoms with E-state index in [-0.39, 0.29) is 11.3 Å². The number of methoxy groups -OCH3 is 1. The Kier molecular flexibility index (Phi) is 2.93. The molecule has 0 unspecified atom stereocenters. The molecule has 1 aromatic rings. The molecule has 0 atom stereocenters. The van der Waals surface area contributed by atoms with E-state index in [4.69, 9.17) is 0 Å². The number of phenolic OH excluding ortho intramolecular Hbond substituents is 1. The second kappa shape index (κ2) is 3.79.